The SMILES string of the molecule is Cc1cccc(-c2ccccc2C2N=C(NC#N)Nc3nc(N)c(C#N)c(N)c32)c1. The summed E-state index contributed by atoms with van der Waals surface area (Å²) in [7, 11) is 0. The predicted molar refractivity (Wildman–Crippen MR) is 116 cm³/mol. The molecule has 3 aromatic rings. The summed E-state index contributed by atoms with van der Waals surface area (Å²) < 4.78 is 0. The Labute approximate surface area is 173 Å². The zero-order valence-electron chi connectivity index (χ0n) is 16.1. The molecule has 0 aliphatic carbocycles. The fourth-order valence-corrected chi connectivity index (χ4v) is 3.62. The van der Waals surface area contributed by atoms with Crippen molar-refractivity contribution in [1.29, 1.82) is 10.5 Å². The number of nitrogens with two attached hydrogens (primary N) is 2. The summed E-state index contributed by atoms with van der Waals surface area (Å²) in [5.74, 6) is 0.607. The van der Waals surface area contributed by atoms with E-state index in [4.69, 9.17) is 16.7 Å². The highest BCUT2D eigenvalue weighted by Crippen LogP contribution is 2.43. The Balaban J connectivity index is 1.98. The molecule has 8 heteroatoms. The lowest BCUT2D eigenvalue weighted by atomic mass is 9.89. The number of nitrogen functional groups attached to an aromatic ring is 2. The largest absolute Gasteiger partial charge is 0.397 e. The predicted octanol–water partition coefficient (Wildman–Crippen LogP) is 3.03. The van der Waals surface area contributed by atoms with Crippen LogP contribution in [-0.4, -0.2) is 10.9 Å². The standard InChI is InChI=1S/C22H18N8/c1-12-5-4-6-13(9-12)14-7-2-3-8-15(14)19-17-18(25)16(10-23)20(26)29-21(17)30-22(28-19)27-11-24/h2-9,19H,1H3,(H6,25,26,27,28,29,30). The molecular weight excluding hydrogens is 376 g/mol. The molecule has 0 saturated carbocycles. The highest BCUT2D eigenvalue weighted by molar-refractivity contribution is 5.98. The van der Waals surface area contributed by atoms with Crippen molar-refractivity contribution in [2.45, 2.75) is 13.0 Å². The van der Waals surface area contributed by atoms with Gasteiger partial charge in [0.2, 0.25) is 5.96 Å². The summed E-state index contributed by atoms with van der Waals surface area (Å²) in [6.45, 7) is 2.03. The summed E-state index contributed by atoms with van der Waals surface area (Å²) in [4.78, 5) is 8.96. The van der Waals surface area contributed by atoms with Gasteiger partial charge in [-0.1, -0.05) is 54.1 Å². The molecule has 4 rings (SSSR count). The zero-order valence-corrected chi connectivity index (χ0v) is 16.1. The lowest BCUT2D eigenvalue weighted by Gasteiger charge is -2.27. The second-order valence-electron chi connectivity index (χ2n) is 6.86. The van der Waals surface area contributed by atoms with Crippen molar-refractivity contribution < 1.29 is 0 Å². The number of hydrogen-bond acceptors (Lipinski definition) is 8. The van der Waals surface area contributed by atoms with Gasteiger partial charge in [0.15, 0.2) is 6.19 Å². The molecule has 1 aliphatic heterocycles. The molecule has 146 valence electrons. The number of anilines is 3. The van der Waals surface area contributed by atoms with Crippen LogP contribution < -0.4 is 22.1 Å². The molecule has 0 amide bonds. The topological polar surface area (TPSA) is 149 Å². The minimum Gasteiger partial charge on any atom is -0.397 e. The number of fused-ring (bicyclic) bond motifs is 1. The molecule has 0 fully saturated rings. The van der Waals surface area contributed by atoms with Crippen molar-refractivity contribution in [3.8, 4) is 23.4 Å². The highest BCUT2D eigenvalue weighted by Gasteiger charge is 2.31. The third-order valence-corrected chi connectivity index (χ3v) is 4.94. The number of pyridine rings is 1. The Bertz CT molecular complexity index is 1260. The monoisotopic (exact) mass is 394 g/mol. The van der Waals surface area contributed by atoms with Gasteiger partial charge < -0.3 is 16.8 Å². The first-order valence-corrected chi connectivity index (χ1v) is 9.18. The maximum Gasteiger partial charge on any atom is 0.211 e. The highest BCUT2D eigenvalue weighted by atomic mass is 15.2. The van der Waals surface area contributed by atoms with E-state index in [9.17, 15) is 5.26 Å². The molecule has 30 heavy (non-hydrogen) atoms. The van der Waals surface area contributed by atoms with E-state index in [2.05, 4.69) is 26.7 Å². The van der Waals surface area contributed by atoms with Crippen molar-refractivity contribution in [1.82, 2.24) is 10.3 Å². The average molecular weight is 394 g/mol. The van der Waals surface area contributed by atoms with E-state index in [1.807, 2.05) is 61.7 Å². The third kappa shape index (κ3) is 3.13. The van der Waals surface area contributed by atoms with Crippen LogP contribution in [0.15, 0.2) is 53.5 Å². The van der Waals surface area contributed by atoms with E-state index in [1.165, 1.54) is 0 Å². The summed E-state index contributed by atoms with van der Waals surface area (Å²) in [6.07, 6.45) is 1.86. The maximum atomic E-state index is 9.50. The van der Waals surface area contributed by atoms with Crippen molar-refractivity contribution in [3.63, 3.8) is 0 Å². The Hall–Kier alpha value is -4.56. The molecule has 0 bridgehead atoms. The van der Waals surface area contributed by atoms with Gasteiger partial charge in [-0.3, -0.25) is 5.32 Å². The van der Waals surface area contributed by atoms with Crippen LogP contribution in [0.3, 0.4) is 0 Å². The quantitative estimate of drug-likeness (QED) is 0.385. The molecule has 1 atom stereocenters. The van der Waals surface area contributed by atoms with Gasteiger partial charge in [-0.15, -0.1) is 0 Å². The van der Waals surface area contributed by atoms with Gasteiger partial charge in [0.25, 0.3) is 0 Å². The third-order valence-electron chi connectivity index (χ3n) is 4.94. The summed E-state index contributed by atoms with van der Waals surface area (Å²) in [6, 6.07) is 17.4. The summed E-state index contributed by atoms with van der Waals surface area (Å²) >= 11 is 0. The summed E-state index contributed by atoms with van der Waals surface area (Å²) in [5.41, 5.74) is 17.1. The smallest absolute Gasteiger partial charge is 0.211 e. The van der Waals surface area contributed by atoms with E-state index in [0.29, 0.717) is 11.4 Å². The average Bonchev–Trinajstić information content (AvgIpc) is 2.73. The van der Waals surface area contributed by atoms with E-state index in [-0.39, 0.29) is 23.0 Å². The van der Waals surface area contributed by atoms with E-state index >= 15 is 0 Å². The Kier molecular flexibility index (Phi) is 4.67. The van der Waals surface area contributed by atoms with Gasteiger partial charge in [-0.25, -0.2) is 9.98 Å². The molecule has 1 aromatic heterocycles. The minimum atomic E-state index is -0.589. The second kappa shape index (κ2) is 7.46. The zero-order chi connectivity index (χ0) is 21.3. The normalized spacial score (nSPS) is 14.5. The van der Waals surface area contributed by atoms with Gasteiger partial charge in [0.1, 0.15) is 29.3 Å². The molecular formula is C22H18N8. The lowest BCUT2D eigenvalue weighted by Crippen LogP contribution is -2.32. The number of aromatic nitrogens is 1. The van der Waals surface area contributed by atoms with Crippen LogP contribution in [0.5, 0.6) is 0 Å². The van der Waals surface area contributed by atoms with Crippen LogP contribution in [0.4, 0.5) is 17.3 Å². The van der Waals surface area contributed by atoms with Crippen molar-refractivity contribution in [3.05, 3.63) is 70.8 Å². The molecule has 0 spiro atoms. The van der Waals surface area contributed by atoms with Crippen molar-refractivity contribution >= 4 is 23.3 Å². The first kappa shape index (κ1) is 18.8. The number of hydrogen-bond donors (Lipinski definition) is 4. The van der Waals surface area contributed by atoms with E-state index < -0.39 is 6.04 Å². The van der Waals surface area contributed by atoms with E-state index in [1.54, 1.807) is 0 Å². The Morgan fingerprint density at radius 1 is 1.10 bits per heavy atom. The van der Waals surface area contributed by atoms with Crippen LogP contribution >= 0.6 is 0 Å². The van der Waals surface area contributed by atoms with Gasteiger partial charge in [0, 0.05) is 5.56 Å². The van der Waals surface area contributed by atoms with Crippen LogP contribution in [0.2, 0.25) is 0 Å². The fourth-order valence-electron chi connectivity index (χ4n) is 3.62. The number of benzene rings is 2. The van der Waals surface area contributed by atoms with Crippen LogP contribution in [0.1, 0.15) is 28.3 Å². The molecule has 6 N–H and O–H groups in total. The number of nitriles is 2. The molecule has 0 radical (unpaired) electrons. The van der Waals surface area contributed by atoms with Crippen LogP contribution in [0.25, 0.3) is 11.1 Å². The van der Waals surface area contributed by atoms with Gasteiger partial charge in [-0.05, 0) is 23.6 Å². The number of guanidine groups is 1. The Morgan fingerprint density at radius 2 is 1.90 bits per heavy atom. The molecule has 1 unspecified atom stereocenters. The number of nitrogens with one attached hydrogen (secondary N) is 2. The van der Waals surface area contributed by atoms with Gasteiger partial charge in [0.05, 0.1) is 5.69 Å². The first-order valence-electron chi connectivity index (χ1n) is 9.18. The van der Waals surface area contributed by atoms with Crippen LogP contribution in [0, 0.1) is 29.7 Å². The molecule has 2 aromatic carbocycles. The number of nitrogens with zero attached hydrogens (tertiary/aromatic N) is 4. The van der Waals surface area contributed by atoms with Gasteiger partial charge >= 0.3 is 0 Å². The fraction of sp³-hybridized carbons (Fsp3) is 0.0909. The van der Waals surface area contributed by atoms with E-state index in [0.717, 1.165) is 22.3 Å². The number of rotatable bonds is 2. The number of aryl methyl sites for hydroxylation is 1. The first-order chi connectivity index (χ1) is 14.5. The second-order valence-corrected chi connectivity index (χ2v) is 6.86. The number of aliphatic imine (C=N–C) groups is 1. The van der Waals surface area contributed by atoms with Crippen molar-refractivity contribution in [2.75, 3.05) is 16.8 Å². The molecule has 0 saturated heterocycles. The summed E-state index contributed by atoms with van der Waals surface area (Å²) in [5, 5.41) is 24.0. The lowest BCUT2D eigenvalue weighted by molar-refractivity contribution is 0.848. The molecule has 1 aliphatic rings. The Morgan fingerprint density at radius 3 is 2.63 bits per heavy atom. The van der Waals surface area contributed by atoms with Crippen molar-refractivity contribution in [2.24, 2.45) is 4.99 Å². The van der Waals surface area contributed by atoms with Crippen LogP contribution in [-0.2, 0) is 0 Å². The molecule has 8 nitrogen and oxygen atoms in total. The van der Waals surface area contributed by atoms with Gasteiger partial charge in [-0.2, -0.15) is 10.5 Å². The minimum absolute atomic E-state index is 0.0187. The molecule has 2 heterocycles. The maximum absolute atomic E-state index is 9.50.